The molecule has 172 valence electrons. The number of hydrogen-bond donors (Lipinski definition) is 1. The highest BCUT2D eigenvalue weighted by Gasteiger charge is 2.29. The molecule has 1 N–H and O–H groups in total. The van der Waals surface area contributed by atoms with Crippen LogP contribution >= 0.6 is 0 Å². The van der Waals surface area contributed by atoms with Crippen LogP contribution in [-0.2, 0) is 4.74 Å². The third-order valence-electron chi connectivity index (χ3n) is 5.82. The average Bonchev–Trinajstić information content (AvgIpc) is 3.35. The first kappa shape index (κ1) is 21.1. The van der Waals surface area contributed by atoms with Crippen molar-refractivity contribution in [3.63, 3.8) is 0 Å². The van der Waals surface area contributed by atoms with E-state index in [0.717, 1.165) is 24.2 Å². The minimum atomic E-state index is -0.304. The second kappa shape index (κ2) is 9.00. The fourth-order valence-corrected chi connectivity index (χ4v) is 3.77. The molecule has 2 amide bonds. The monoisotopic (exact) mass is 451 g/mol. The Morgan fingerprint density at radius 3 is 2.70 bits per heavy atom. The topological polar surface area (TPSA) is 128 Å². The number of piperidine rings is 1. The van der Waals surface area contributed by atoms with Crippen LogP contribution in [0.5, 0.6) is 0 Å². The fourth-order valence-electron chi connectivity index (χ4n) is 3.77. The molecule has 1 aliphatic carbocycles. The normalized spacial score (nSPS) is 16.6. The molecule has 0 radical (unpaired) electrons. The van der Waals surface area contributed by atoms with Gasteiger partial charge in [0.05, 0.1) is 12.2 Å². The molecule has 2 aliphatic rings. The standard InChI is InChI=1S/C22H25N7O4/c1-2-32-22(31)28-9-7-16(8-10-28)25-20(30)17-12-29(13-24-17)18-6-5-15(11-23-18)21-26-19(27-33-21)14-3-4-14/h5-6,11-14,16H,2-4,7-10H2,1H3,(H,25,30). The van der Waals surface area contributed by atoms with E-state index in [9.17, 15) is 9.59 Å². The van der Waals surface area contributed by atoms with Gasteiger partial charge in [0.1, 0.15) is 17.8 Å². The second-order valence-corrected chi connectivity index (χ2v) is 8.24. The van der Waals surface area contributed by atoms with Crippen molar-refractivity contribution in [1.82, 2.24) is 34.9 Å². The molecule has 2 fully saturated rings. The van der Waals surface area contributed by atoms with Gasteiger partial charge in [0, 0.05) is 37.4 Å². The molecule has 5 rings (SSSR count). The quantitative estimate of drug-likeness (QED) is 0.605. The van der Waals surface area contributed by atoms with Crippen LogP contribution in [0.1, 0.15) is 54.8 Å². The molecule has 4 heterocycles. The molecule has 1 saturated heterocycles. The van der Waals surface area contributed by atoms with Crippen LogP contribution in [0.3, 0.4) is 0 Å². The number of nitrogens with zero attached hydrogens (tertiary/aromatic N) is 6. The summed E-state index contributed by atoms with van der Waals surface area (Å²) in [6, 6.07) is 3.65. The molecule has 3 aromatic heterocycles. The third kappa shape index (κ3) is 4.71. The maximum atomic E-state index is 12.6. The zero-order chi connectivity index (χ0) is 22.8. The van der Waals surface area contributed by atoms with Crippen molar-refractivity contribution in [2.24, 2.45) is 0 Å². The van der Waals surface area contributed by atoms with Crippen LogP contribution in [0.25, 0.3) is 17.3 Å². The van der Waals surface area contributed by atoms with E-state index in [-0.39, 0.29) is 18.0 Å². The van der Waals surface area contributed by atoms with E-state index < -0.39 is 0 Å². The zero-order valence-corrected chi connectivity index (χ0v) is 18.3. The number of ether oxygens (including phenoxy) is 1. The first-order valence-corrected chi connectivity index (χ1v) is 11.2. The smallest absolute Gasteiger partial charge is 0.409 e. The molecule has 11 nitrogen and oxygen atoms in total. The van der Waals surface area contributed by atoms with Gasteiger partial charge >= 0.3 is 6.09 Å². The molecule has 33 heavy (non-hydrogen) atoms. The number of hydrogen-bond acceptors (Lipinski definition) is 8. The van der Waals surface area contributed by atoms with E-state index in [0.29, 0.717) is 55.9 Å². The Balaban J connectivity index is 1.17. The lowest BCUT2D eigenvalue weighted by atomic mass is 10.1. The molecular weight excluding hydrogens is 426 g/mol. The number of nitrogens with one attached hydrogen (secondary N) is 1. The lowest BCUT2D eigenvalue weighted by molar-refractivity contribution is 0.0857. The maximum absolute atomic E-state index is 12.6. The SMILES string of the molecule is CCOC(=O)N1CCC(NC(=O)c2cn(-c3ccc(-c4nc(C5CC5)no4)cn3)cn2)CC1. The average molecular weight is 451 g/mol. The summed E-state index contributed by atoms with van der Waals surface area (Å²) in [5.74, 6) is 2.00. The van der Waals surface area contributed by atoms with E-state index in [4.69, 9.17) is 9.26 Å². The lowest BCUT2D eigenvalue weighted by Gasteiger charge is -2.31. The van der Waals surface area contributed by atoms with Crippen LogP contribution in [-0.4, -0.2) is 67.3 Å². The largest absolute Gasteiger partial charge is 0.450 e. The highest BCUT2D eigenvalue weighted by molar-refractivity contribution is 5.92. The van der Waals surface area contributed by atoms with Gasteiger partial charge in [0.15, 0.2) is 5.82 Å². The zero-order valence-electron chi connectivity index (χ0n) is 18.3. The van der Waals surface area contributed by atoms with E-state index in [1.54, 1.807) is 35.1 Å². The number of carbonyl (C=O) groups excluding carboxylic acids is 2. The highest BCUT2D eigenvalue weighted by Crippen LogP contribution is 2.38. The number of carbonyl (C=O) groups is 2. The van der Waals surface area contributed by atoms with E-state index >= 15 is 0 Å². The molecule has 0 atom stereocenters. The second-order valence-electron chi connectivity index (χ2n) is 8.24. The lowest BCUT2D eigenvalue weighted by Crippen LogP contribution is -2.46. The summed E-state index contributed by atoms with van der Waals surface area (Å²) >= 11 is 0. The number of pyridine rings is 1. The van der Waals surface area contributed by atoms with Crippen LogP contribution < -0.4 is 5.32 Å². The molecular formula is C22H25N7O4. The van der Waals surface area contributed by atoms with Gasteiger partial charge in [-0.05, 0) is 44.7 Å². The van der Waals surface area contributed by atoms with E-state index in [2.05, 4.69) is 25.4 Å². The Labute approximate surface area is 190 Å². The van der Waals surface area contributed by atoms with Crippen LogP contribution in [0.15, 0.2) is 35.4 Å². The molecule has 0 spiro atoms. The van der Waals surface area contributed by atoms with Crippen molar-refractivity contribution < 1.29 is 18.8 Å². The minimum Gasteiger partial charge on any atom is -0.450 e. The predicted octanol–water partition coefficient (Wildman–Crippen LogP) is 2.55. The number of imidazole rings is 1. The van der Waals surface area contributed by atoms with Gasteiger partial charge in [-0.2, -0.15) is 4.98 Å². The Hall–Kier alpha value is -3.76. The number of amides is 2. The van der Waals surface area contributed by atoms with Crippen molar-refractivity contribution in [3.05, 3.63) is 42.4 Å². The van der Waals surface area contributed by atoms with Gasteiger partial charge in [-0.25, -0.2) is 14.8 Å². The molecule has 3 aromatic rings. The number of rotatable bonds is 6. The fraction of sp³-hybridized carbons (Fsp3) is 0.455. The van der Waals surface area contributed by atoms with Crippen LogP contribution in [0.2, 0.25) is 0 Å². The van der Waals surface area contributed by atoms with Gasteiger partial charge < -0.3 is 19.5 Å². The van der Waals surface area contributed by atoms with Gasteiger partial charge in [-0.1, -0.05) is 5.16 Å². The third-order valence-corrected chi connectivity index (χ3v) is 5.82. The summed E-state index contributed by atoms with van der Waals surface area (Å²) in [7, 11) is 0. The van der Waals surface area contributed by atoms with E-state index in [1.165, 1.54) is 0 Å². The summed E-state index contributed by atoms with van der Waals surface area (Å²) in [4.78, 5) is 39.2. The Kier molecular flexibility index (Phi) is 5.76. The summed E-state index contributed by atoms with van der Waals surface area (Å²) in [6.45, 7) is 3.24. The first-order chi connectivity index (χ1) is 16.1. The van der Waals surface area contributed by atoms with Crippen molar-refractivity contribution in [3.8, 4) is 17.3 Å². The molecule has 0 bridgehead atoms. The predicted molar refractivity (Wildman–Crippen MR) is 116 cm³/mol. The number of aromatic nitrogens is 5. The summed E-state index contributed by atoms with van der Waals surface area (Å²) in [5, 5.41) is 7.02. The molecule has 11 heteroatoms. The molecule has 0 unspecified atom stereocenters. The van der Waals surface area contributed by atoms with E-state index in [1.807, 2.05) is 12.1 Å². The van der Waals surface area contributed by atoms with Crippen molar-refractivity contribution in [1.29, 1.82) is 0 Å². The molecule has 1 saturated carbocycles. The molecule has 1 aliphatic heterocycles. The first-order valence-electron chi connectivity index (χ1n) is 11.2. The summed E-state index contributed by atoms with van der Waals surface area (Å²) < 4.78 is 12.0. The Bertz CT molecular complexity index is 1130. The van der Waals surface area contributed by atoms with Crippen LogP contribution in [0.4, 0.5) is 4.79 Å². The maximum Gasteiger partial charge on any atom is 0.409 e. The highest BCUT2D eigenvalue weighted by atomic mass is 16.6. The van der Waals surface area contributed by atoms with Gasteiger partial charge in [-0.15, -0.1) is 0 Å². The Morgan fingerprint density at radius 1 is 1.18 bits per heavy atom. The van der Waals surface area contributed by atoms with Crippen molar-refractivity contribution in [2.45, 2.75) is 44.6 Å². The van der Waals surface area contributed by atoms with Crippen LogP contribution in [0, 0.1) is 0 Å². The van der Waals surface area contributed by atoms with Gasteiger partial charge in [0.2, 0.25) is 0 Å². The minimum absolute atomic E-state index is 0.0133. The molecule has 0 aromatic carbocycles. The Morgan fingerprint density at radius 2 is 2.00 bits per heavy atom. The summed E-state index contributed by atoms with van der Waals surface area (Å²) in [6.07, 6.45) is 8.12. The van der Waals surface area contributed by atoms with Crippen molar-refractivity contribution in [2.75, 3.05) is 19.7 Å². The number of likely N-dealkylation sites (tertiary alicyclic amines) is 1. The van der Waals surface area contributed by atoms with Gasteiger partial charge in [-0.3, -0.25) is 9.36 Å². The van der Waals surface area contributed by atoms with Gasteiger partial charge in [0.25, 0.3) is 11.8 Å². The van der Waals surface area contributed by atoms with Crippen molar-refractivity contribution >= 4 is 12.0 Å². The summed E-state index contributed by atoms with van der Waals surface area (Å²) in [5.41, 5.74) is 1.05.